The number of halogens is 5. The molecule has 0 aliphatic carbocycles. The number of allylic oxidation sites excluding steroid dienone is 2. The molecule has 132 heavy (non-hydrogen) atoms. The van der Waals surface area contributed by atoms with Crippen molar-refractivity contribution in [2.24, 2.45) is 35.1 Å². The number of nitrogens with two attached hydrogens (primary N) is 2. The van der Waals surface area contributed by atoms with Crippen molar-refractivity contribution in [1.82, 2.24) is 40.7 Å². The van der Waals surface area contributed by atoms with Gasteiger partial charge in [0.2, 0.25) is 5.91 Å². The van der Waals surface area contributed by atoms with Crippen molar-refractivity contribution in [1.29, 1.82) is 0 Å². The number of nitrogens with one attached hydrogen (secondary N) is 4. The number of benzene rings is 7. The average molecular weight is 1900 g/mol. The van der Waals surface area contributed by atoms with E-state index in [1.54, 1.807) is 108 Å². The number of hydrogen-bond acceptors (Lipinski definition) is 22. The van der Waals surface area contributed by atoms with Crippen LogP contribution in [0.1, 0.15) is 195 Å². The summed E-state index contributed by atoms with van der Waals surface area (Å²) < 4.78 is 88.8. The molecule has 0 bridgehead atoms. The van der Waals surface area contributed by atoms with Crippen LogP contribution >= 0.6 is 18.8 Å². The molecule has 6 heterocycles. The number of ether oxygens (including phenoxy) is 4. The number of carbonyl (C=O) groups is 7. The van der Waals surface area contributed by atoms with Crippen LogP contribution in [0.15, 0.2) is 194 Å². The Morgan fingerprint density at radius 3 is 1.27 bits per heavy atom. The first-order valence-corrected chi connectivity index (χ1v) is 44.8. The maximum Gasteiger partial charge on any atom is 0.309 e. The Bertz CT molecular complexity index is 5320. The number of amides is 3. The molecule has 4 aliphatic rings. The maximum atomic E-state index is 13.8. The van der Waals surface area contributed by atoms with Crippen LogP contribution in [0.3, 0.4) is 0 Å². The van der Waals surface area contributed by atoms with Gasteiger partial charge >= 0.3 is 23.9 Å². The first-order chi connectivity index (χ1) is 61.6. The Hall–Kier alpha value is -9.94. The molecule has 13 rings (SSSR count). The van der Waals surface area contributed by atoms with E-state index >= 15 is 0 Å². The molecule has 25 nitrogen and oxygen atoms in total. The van der Waals surface area contributed by atoms with Crippen LogP contribution in [0.2, 0.25) is 0 Å². The Morgan fingerprint density at radius 2 is 0.871 bits per heavy atom. The second-order valence-corrected chi connectivity index (χ2v) is 36.5. The molecule has 7 aromatic carbocycles. The number of hydrogen-bond donors (Lipinski definition) is 10. The van der Waals surface area contributed by atoms with Crippen molar-refractivity contribution in [3.05, 3.63) is 262 Å². The van der Waals surface area contributed by atoms with E-state index in [9.17, 15) is 75.9 Å². The molecule has 4 fully saturated rings. The minimum atomic E-state index is -1.17. The summed E-state index contributed by atoms with van der Waals surface area (Å²) in [5, 5.41) is 52.7. The number of para-hydroxylation sites is 4. The van der Waals surface area contributed by atoms with Gasteiger partial charge in [0, 0.05) is 36.9 Å². The SMILES string of the molecule is C.CC(C)(O)CC[C@@H]1CC([C@@H](N)Cc2cccc(F)c2)OC1=O.CC(C)(O)CC[C@@H]1CC([C@H](Cc2cccc(F)c2)NC(=O)c2cnc3ccccc3n2)OC1=O.CC(C)(O)CC[C@H](C[C@H](O)[C@H](Cc1cccc(F)c1)NC(=O)c1cnc2ccccc2n1)C(N)=O.CC(C)=CC[C@@H]1CC([C@H](Cc2cccc(F)c2)NP)OC1=O.O=C1CCC([C@H](Cc2cccc(F)c2)NP)O1.[V]. The Labute approximate surface area is 785 Å². The predicted octanol–water partition coefficient (Wildman–Crippen LogP) is 14.1. The summed E-state index contributed by atoms with van der Waals surface area (Å²) in [5.41, 5.74) is 16.7. The van der Waals surface area contributed by atoms with Crippen molar-refractivity contribution in [2.45, 2.75) is 256 Å². The largest absolute Gasteiger partial charge is 0.461 e. The fraction of sp³-hybridized carbons (Fsp3) is 0.444. The van der Waals surface area contributed by atoms with Crippen molar-refractivity contribution < 1.29 is 113 Å². The number of carbonyl (C=O) groups excluding carboxylic acids is 7. The van der Waals surface area contributed by atoms with Gasteiger partial charge in [-0.15, -0.1) is 0 Å². The summed E-state index contributed by atoms with van der Waals surface area (Å²) in [6.45, 7) is 14.1. The van der Waals surface area contributed by atoms with Gasteiger partial charge in [-0.2, -0.15) is 0 Å². The summed E-state index contributed by atoms with van der Waals surface area (Å²) in [7, 11) is 4.91. The molecule has 16 atom stereocenters. The minimum Gasteiger partial charge on any atom is -0.461 e. The molecule has 0 saturated carbocycles. The zero-order valence-corrected chi connectivity index (χ0v) is 78.6. The third kappa shape index (κ3) is 36.5. The van der Waals surface area contributed by atoms with Crippen LogP contribution in [0.25, 0.3) is 22.1 Å². The predicted molar refractivity (Wildman–Crippen MR) is 497 cm³/mol. The third-order valence-corrected chi connectivity index (χ3v) is 23.6. The van der Waals surface area contributed by atoms with Gasteiger partial charge < -0.3 is 61.5 Å². The minimum absolute atomic E-state index is 0. The Kier molecular flexibility index (Phi) is 43.0. The van der Waals surface area contributed by atoms with Gasteiger partial charge in [-0.1, -0.05) is 123 Å². The van der Waals surface area contributed by atoms with Crippen molar-refractivity contribution >= 4 is 82.4 Å². The van der Waals surface area contributed by atoms with E-state index in [2.05, 4.69) is 65.6 Å². The van der Waals surface area contributed by atoms with Crippen molar-refractivity contribution in [3.8, 4) is 0 Å². The molecule has 4 saturated heterocycles. The molecule has 2 aromatic heterocycles. The monoisotopic (exact) mass is 1900 g/mol. The average Bonchev–Trinajstić information content (AvgIpc) is 1.45. The number of cyclic esters (lactones) is 4. The number of aliphatic hydroxyl groups excluding tert-OH is 1. The molecule has 0 spiro atoms. The van der Waals surface area contributed by atoms with Crippen LogP contribution in [-0.4, -0.2) is 159 Å². The van der Waals surface area contributed by atoms with E-state index in [1.807, 2.05) is 56.3 Å². The van der Waals surface area contributed by atoms with Crippen LogP contribution in [0.5, 0.6) is 0 Å². The molecule has 9 aromatic rings. The summed E-state index contributed by atoms with van der Waals surface area (Å²) in [6, 6.07) is 43.8. The Morgan fingerprint density at radius 1 is 0.500 bits per heavy atom. The molecule has 6 unspecified atom stereocenters. The van der Waals surface area contributed by atoms with Gasteiger partial charge in [0.25, 0.3) is 11.8 Å². The summed E-state index contributed by atoms with van der Waals surface area (Å²) in [4.78, 5) is 103. The van der Waals surface area contributed by atoms with E-state index in [-0.39, 0.29) is 164 Å². The number of rotatable bonds is 35. The van der Waals surface area contributed by atoms with E-state index < -0.39 is 70.6 Å². The summed E-state index contributed by atoms with van der Waals surface area (Å²) in [6.07, 6.45) is 10.7. The standard InChI is InChI=1S/C26H31FN4O4.C26H28FN3O4.C17H24FNO3.C17H23FNO2P.C12H15FNO2P.CH4.V/c1-26(2,35)11-10-17(24(28)33)14-23(32)21(13-16-6-5-7-18(27)12-16)31-25(34)22-15-29-19-8-3-4-9-20(19)30-22;1-26(2,33)11-10-17-14-23(34-25(17)32)21(13-16-6-5-7-18(27)12-16)30-24(31)22-15-28-19-8-3-4-9-20(19)29-22;1-17(2,21)7-6-12-10-15(22-16(12)20)14(19)9-11-4-3-5-13(18)8-11;1-11(2)6-7-13-10-16(21-17(13)20)15(19-22)9-12-4-3-5-14(18)8-12;13-9-3-1-2-8(6-9)7-10(14-17)11-4-5-12(15)16-11;;/h3-9,12,15,17,21,23,32,35H,10-11,13-14H2,1-2H3,(H2,28,33)(H,31,34);3-9,12,15,17,21,23,33H,10-11,13-14H2,1-2H3,(H,30,31);3-5,8,12,14-15,21H,6-7,9-10,19H2,1-2H3;3-6,8,13,15-16,19H,7,9-10,22H2,1-2H3;1-3,6,10-11,14H,4-5,7,17H2;1H4;/t17-,21+,23+;17-,21+,23?;12-,14+,15?;13-,15+,16?;10-,11?;;/m11110../s1. The maximum absolute atomic E-state index is 13.8. The van der Waals surface area contributed by atoms with Gasteiger partial charge in [0.05, 0.1) is 99.3 Å². The number of esters is 4. The fourth-order valence-electron chi connectivity index (χ4n) is 15.6. The van der Waals surface area contributed by atoms with E-state index in [4.69, 9.17) is 30.4 Å². The van der Waals surface area contributed by atoms with Crippen molar-refractivity contribution in [3.63, 3.8) is 0 Å². The smallest absolute Gasteiger partial charge is 0.309 e. The first kappa shape index (κ1) is 109. The number of primary amides is 1. The van der Waals surface area contributed by atoms with Crippen LogP contribution in [-0.2, 0) is 93.6 Å². The molecule has 1 radical (unpaired) electrons. The number of aromatic nitrogens is 4. The Balaban J connectivity index is 0.000000230. The molecule has 4 aliphatic heterocycles. The van der Waals surface area contributed by atoms with E-state index in [0.717, 1.165) is 29.5 Å². The van der Waals surface area contributed by atoms with E-state index in [0.29, 0.717) is 110 Å². The zero-order valence-electron chi connectivity index (χ0n) is 74.9. The van der Waals surface area contributed by atoms with Crippen LogP contribution in [0, 0.1) is 52.8 Å². The van der Waals surface area contributed by atoms with Crippen LogP contribution < -0.4 is 32.3 Å². The summed E-state index contributed by atoms with van der Waals surface area (Å²) in [5.74, 6) is -5.48. The van der Waals surface area contributed by atoms with Gasteiger partial charge in [0.15, 0.2) is 0 Å². The molecular formula is C99H125F5N10O15P2V. The molecular weight excluding hydrogens is 1780 g/mol. The fourth-order valence-corrected chi connectivity index (χ4v) is 16.2. The second kappa shape index (κ2) is 52.1. The normalized spacial score (nSPS) is 19.1. The molecule has 711 valence electrons. The van der Waals surface area contributed by atoms with Crippen molar-refractivity contribution in [2.75, 3.05) is 0 Å². The number of aliphatic hydroxyl groups is 4. The molecule has 3 amide bonds. The number of fused-ring (bicyclic) bond motifs is 2. The van der Waals surface area contributed by atoms with Gasteiger partial charge in [0.1, 0.15) is 64.9 Å². The van der Waals surface area contributed by atoms with Gasteiger partial charge in [-0.05, 0) is 277 Å². The third-order valence-electron chi connectivity index (χ3n) is 22.8. The summed E-state index contributed by atoms with van der Waals surface area (Å²) >= 11 is 0. The second-order valence-electron chi connectivity index (χ2n) is 35.8. The van der Waals surface area contributed by atoms with Gasteiger partial charge in [-0.25, -0.2) is 31.9 Å². The number of nitrogens with zero attached hydrogens (tertiary/aromatic N) is 4. The first-order valence-electron chi connectivity index (χ1n) is 43.7. The van der Waals surface area contributed by atoms with Crippen LogP contribution in [0.4, 0.5) is 22.0 Å². The topological polar surface area (TPSA) is 389 Å². The molecule has 33 heteroatoms. The van der Waals surface area contributed by atoms with Gasteiger partial charge in [-0.3, -0.25) is 53.7 Å². The quantitative estimate of drug-likeness (QED) is 0.00580. The zero-order chi connectivity index (χ0) is 94.6. The molecule has 12 N–H and O–H groups in total. The van der Waals surface area contributed by atoms with E-state index in [1.165, 1.54) is 78.6 Å².